The van der Waals surface area contributed by atoms with Crippen LogP contribution in [0.25, 0.3) is 0 Å². The zero-order chi connectivity index (χ0) is 12.4. The smallest absolute Gasteiger partial charge is 0.261 e. The first-order valence-corrected chi connectivity index (χ1v) is 6.82. The van der Waals surface area contributed by atoms with E-state index >= 15 is 0 Å². The molecule has 0 aliphatic carbocycles. The molecule has 1 aromatic carbocycles. The van der Waals surface area contributed by atoms with Gasteiger partial charge in [-0.3, -0.25) is 14.5 Å². The number of nitrogens with zero attached hydrogens (tertiary/aromatic N) is 1. The number of alkyl halides is 1. The lowest BCUT2D eigenvalue weighted by Crippen LogP contribution is -2.37. The number of hydrogen-bond acceptors (Lipinski definition) is 2. The molecule has 3 nitrogen and oxygen atoms in total. The van der Waals surface area contributed by atoms with Crippen molar-refractivity contribution in [2.45, 2.75) is 25.8 Å². The number of halogens is 1. The van der Waals surface area contributed by atoms with Crippen molar-refractivity contribution in [3.63, 3.8) is 0 Å². The molecule has 17 heavy (non-hydrogen) atoms. The Morgan fingerprint density at radius 3 is 2.18 bits per heavy atom. The summed E-state index contributed by atoms with van der Waals surface area (Å²) in [5.74, 6) is -0.319. The van der Waals surface area contributed by atoms with E-state index in [0.29, 0.717) is 11.1 Å². The Morgan fingerprint density at radius 1 is 1.18 bits per heavy atom. The molecule has 0 unspecified atom stereocenters. The van der Waals surface area contributed by atoms with Crippen molar-refractivity contribution in [1.29, 1.82) is 0 Å². The quantitative estimate of drug-likeness (QED) is 0.633. The number of rotatable bonds is 4. The molecule has 1 aliphatic rings. The van der Waals surface area contributed by atoms with Crippen LogP contribution >= 0.6 is 15.9 Å². The standard InChI is InChI=1S/C13H14BrNO2/c1-9(5-4-8-14)15-12(16)10-6-2-3-7-11(10)13(15)17/h2-3,6-7,9H,4-5,8H2,1H3/t9-/m1/s1. The summed E-state index contributed by atoms with van der Waals surface area (Å²) in [7, 11) is 0. The predicted molar refractivity (Wildman–Crippen MR) is 69.4 cm³/mol. The Labute approximate surface area is 109 Å². The van der Waals surface area contributed by atoms with E-state index in [1.807, 2.05) is 6.92 Å². The third kappa shape index (κ3) is 2.14. The van der Waals surface area contributed by atoms with Crippen LogP contribution in [0.3, 0.4) is 0 Å². The molecule has 90 valence electrons. The highest BCUT2D eigenvalue weighted by molar-refractivity contribution is 9.09. The molecule has 4 heteroatoms. The van der Waals surface area contributed by atoms with E-state index in [1.165, 1.54) is 4.90 Å². The minimum absolute atomic E-state index is 0.0417. The van der Waals surface area contributed by atoms with Crippen LogP contribution in [0.4, 0.5) is 0 Å². The number of carbonyl (C=O) groups is 2. The van der Waals surface area contributed by atoms with E-state index in [1.54, 1.807) is 24.3 Å². The van der Waals surface area contributed by atoms with Crippen LogP contribution in [-0.2, 0) is 0 Å². The normalized spacial score (nSPS) is 16.2. The lowest BCUT2D eigenvalue weighted by Gasteiger charge is -2.22. The summed E-state index contributed by atoms with van der Waals surface area (Å²) >= 11 is 3.36. The Balaban J connectivity index is 2.24. The minimum Gasteiger partial charge on any atom is -0.272 e. The fourth-order valence-corrected chi connectivity index (χ4v) is 2.43. The van der Waals surface area contributed by atoms with Crippen LogP contribution in [0.2, 0.25) is 0 Å². The van der Waals surface area contributed by atoms with Gasteiger partial charge in [-0.25, -0.2) is 0 Å². The number of benzene rings is 1. The first-order chi connectivity index (χ1) is 8.16. The summed E-state index contributed by atoms with van der Waals surface area (Å²) < 4.78 is 0. The Bertz CT molecular complexity index is 423. The number of amides is 2. The molecule has 1 atom stereocenters. The lowest BCUT2D eigenvalue weighted by atomic mass is 10.1. The second kappa shape index (κ2) is 5.00. The van der Waals surface area contributed by atoms with Crippen LogP contribution in [0.1, 0.15) is 40.5 Å². The highest BCUT2D eigenvalue weighted by atomic mass is 79.9. The van der Waals surface area contributed by atoms with Crippen molar-refractivity contribution in [1.82, 2.24) is 4.90 Å². The largest absolute Gasteiger partial charge is 0.272 e. The van der Waals surface area contributed by atoms with E-state index < -0.39 is 0 Å². The molecule has 1 aliphatic heterocycles. The highest BCUT2D eigenvalue weighted by Gasteiger charge is 2.37. The topological polar surface area (TPSA) is 37.4 Å². The van der Waals surface area contributed by atoms with E-state index in [0.717, 1.165) is 18.2 Å². The van der Waals surface area contributed by atoms with Crippen molar-refractivity contribution in [2.75, 3.05) is 5.33 Å². The summed E-state index contributed by atoms with van der Waals surface area (Å²) in [5, 5.41) is 0.889. The van der Waals surface area contributed by atoms with Gasteiger partial charge < -0.3 is 0 Å². The zero-order valence-electron chi connectivity index (χ0n) is 9.65. The van der Waals surface area contributed by atoms with Crippen LogP contribution in [0, 0.1) is 0 Å². The minimum atomic E-state index is -0.160. The van der Waals surface area contributed by atoms with Crippen molar-refractivity contribution in [2.24, 2.45) is 0 Å². The van der Waals surface area contributed by atoms with Gasteiger partial charge in [0, 0.05) is 11.4 Å². The van der Waals surface area contributed by atoms with Gasteiger partial charge in [-0.05, 0) is 31.9 Å². The van der Waals surface area contributed by atoms with Gasteiger partial charge in [-0.1, -0.05) is 28.1 Å². The maximum atomic E-state index is 12.1. The van der Waals surface area contributed by atoms with Gasteiger partial charge in [0.05, 0.1) is 11.1 Å². The maximum absolute atomic E-state index is 12.1. The maximum Gasteiger partial charge on any atom is 0.261 e. The van der Waals surface area contributed by atoms with Crippen molar-refractivity contribution < 1.29 is 9.59 Å². The Kier molecular flexibility index (Phi) is 3.62. The molecule has 0 N–H and O–H groups in total. The van der Waals surface area contributed by atoms with Gasteiger partial charge in [0.2, 0.25) is 0 Å². The van der Waals surface area contributed by atoms with Crippen LogP contribution in [0.15, 0.2) is 24.3 Å². The molecule has 1 aromatic rings. The van der Waals surface area contributed by atoms with E-state index in [9.17, 15) is 9.59 Å². The first-order valence-electron chi connectivity index (χ1n) is 5.69. The molecule has 0 bridgehead atoms. The molecule has 0 radical (unpaired) electrons. The molecule has 0 saturated heterocycles. The van der Waals surface area contributed by atoms with Gasteiger partial charge in [0.15, 0.2) is 0 Å². The monoisotopic (exact) mass is 295 g/mol. The van der Waals surface area contributed by atoms with Crippen molar-refractivity contribution in [3.8, 4) is 0 Å². The summed E-state index contributed by atoms with van der Waals surface area (Å²) in [6, 6.07) is 6.97. The number of fused-ring (bicyclic) bond motifs is 1. The van der Waals surface area contributed by atoms with Crippen molar-refractivity contribution in [3.05, 3.63) is 35.4 Å². The van der Waals surface area contributed by atoms with Crippen molar-refractivity contribution >= 4 is 27.7 Å². The molecule has 0 spiro atoms. The Morgan fingerprint density at radius 2 is 1.71 bits per heavy atom. The molecular formula is C13H14BrNO2. The average molecular weight is 296 g/mol. The van der Waals surface area contributed by atoms with Crippen LogP contribution in [-0.4, -0.2) is 28.1 Å². The van der Waals surface area contributed by atoms with E-state index in [2.05, 4.69) is 15.9 Å². The Hall–Kier alpha value is -1.16. The van der Waals surface area contributed by atoms with Gasteiger partial charge in [-0.15, -0.1) is 0 Å². The fraction of sp³-hybridized carbons (Fsp3) is 0.385. The first kappa shape index (κ1) is 12.3. The summed E-state index contributed by atoms with van der Waals surface area (Å²) in [6.45, 7) is 1.92. The molecule has 2 amide bonds. The summed E-state index contributed by atoms with van der Waals surface area (Å²) in [6.07, 6.45) is 1.78. The second-order valence-corrected chi connectivity index (χ2v) is 5.00. The van der Waals surface area contributed by atoms with Crippen LogP contribution < -0.4 is 0 Å². The predicted octanol–water partition coefficient (Wildman–Crippen LogP) is 2.85. The summed E-state index contributed by atoms with van der Waals surface area (Å²) in [5.41, 5.74) is 1.06. The van der Waals surface area contributed by atoms with Crippen LogP contribution in [0.5, 0.6) is 0 Å². The molecule has 0 fully saturated rings. The van der Waals surface area contributed by atoms with Gasteiger partial charge in [-0.2, -0.15) is 0 Å². The molecule has 0 saturated carbocycles. The lowest BCUT2D eigenvalue weighted by molar-refractivity contribution is 0.0590. The molecule has 1 heterocycles. The van der Waals surface area contributed by atoms with Gasteiger partial charge in [0.1, 0.15) is 0 Å². The summed E-state index contributed by atoms with van der Waals surface area (Å²) in [4.78, 5) is 25.6. The molecule has 0 aromatic heterocycles. The zero-order valence-corrected chi connectivity index (χ0v) is 11.2. The average Bonchev–Trinajstić information content (AvgIpc) is 2.60. The fourth-order valence-electron chi connectivity index (χ4n) is 2.11. The SMILES string of the molecule is C[C@H](CCCBr)N1C(=O)c2ccccc2C1=O. The van der Waals surface area contributed by atoms with E-state index in [4.69, 9.17) is 0 Å². The third-order valence-electron chi connectivity index (χ3n) is 3.02. The number of imide groups is 1. The third-order valence-corrected chi connectivity index (χ3v) is 3.58. The van der Waals surface area contributed by atoms with E-state index in [-0.39, 0.29) is 17.9 Å². The second-order valence-electron chi connectivity index (χ2n) is 4.21. The number of hydrogen-bond donors (Lipinski definition) is 0. The number of carbonyl (C=O) groups excluding carboxylic acids is 2. The van der Waals surface area contributed by atoms with Gasteiger partial charge in [0.25, 0.3) is 11.8 Å². The molecule has 2 rings (SSSR count). The van der Waals surface area contributed by atoms with Gasteiger partial charge >= 0.3 is 0 Å². The highest BCUT2D eigenvalue weighted by Crippen LogP contribution is 2.25. The molecular weight excluding hydrogens is 282 g/mol.